The van der Waals surface area contributed by atoms with Crippen molar-refractivity contribution in [1.82, 2.24) is 4.90 Å². The highest BCUT2D eigenvalue weighted by Gasteiger charge is 2.12. The quantitative estimate of drug-likeness (QED) is 0.835. The highest BCUT2D eigenvalue weighted by molar-refractivity contribution is 9.10. The smallest absolute Gasteiger partial charge is 0.253 e. The van der Waals surface area contributed by atoms with Gasteiger partial charge < -0.3 is 9.64 Å². The fraction of sp³-hybridized carbons (Fsp3) is 0.500. The van der Waals surface area contributed by atoms with Crippen molar-refractivity contribution in [2.24, 2.45) is 0 Å². The number of hydrogen-bond acceptors (Lipinski definition) is 2. The van der Waals surface area contributed by atoms with E-state index in [1.807, 2.05) is 39.0 Å². The normalized spacial score (nSPS) is 10.8. The number of likely N-dealkylation sites (N-methyl/N-ethyl adjacent to an activating group) is 1. The predicted octanol–water partition coefficient (Wildman–Crippen LogP) is 3.25. The Bertz CT molecular complexity index is 398. The molecule has 1 aromatic carbocycles. The molecule has 0 radical (unpaired) electrons. The molecule has 100 valence electrons. The van der Waals surface area contributed by atoms with Gasteiger partial charge in [0, 0.05) is 23.6 Å². The summed E-state index contributed by atoms with van der Waals surface area (Å²) < 4.78 is 6.37. The number of rotatable bonds is 5. The third-order valence-corrected chi connectivity index (χ3v) is 2.97. The lowest BCUT2D eigenvalue weighted by atomic mass is 10.1. The second kappa shape index (κ2) is 6.90. The number of ether oxygens (including phenoxy) is 1. The number of aryl methyl sites for hydroxylation is 1. The van der Waals surface area contributed by atoms with E-state index in [4.69, 9.17) is 4.74 Å². The Morgan fingerprint density at radius 2 is 2.06 bits per heavy atom. The summed E-state index contributed by atoms with van der Waals surface area (Å²) in [6.07, 6.45) is 0.196. The second-order valence-corrected chi connectivity index (χ2v) is 5.58. The summed E-state index contributed by atoms with van der Waals surface area (Å²) in [6, 6.07) is 5.72. The number of hydrogen-bond donors (Lipinski definition) is 0. The topological polar surface area (TPSA) is 29.5 Å². The van der Waals surface area contributed by atoms with E-state index in [-0.39, 0.29) is 12.0 Å². The van der Waals surface area contributed by atoms with Crippen LogP contribution in [0.2, 0.25) is 0 Å². The molecule has 0 saturated carbocycles. The molecule has 0 aliphatic rings. The maximum absolute atomic E-state index is 12.2. The van der Waals surface area contributed by atoms with Gasteiger partial charge in [-0.25, -0.2) is 0 Å². The molecule has 18 heavy (non-hydrogen) atoms. The molecule has 1 rings (SSSR count). The van der Waals surface area contributed by atoms with E-state index < -0.39 is 0 Å². The van der Waals surface area contributed by atoms with Crippen molar-refractivity contribution in [2.75, 3.05) is 20.2 Å². The zero-order valence-electron chi connectivity index (χ0n) is 11.4. The standard InChI is InChI=1S/C14H20BrNO2/c1-10(2)18-6-5-16(4)14(17)12-7-11(3)8-13(15)9-12/h7-10H,5-6H2,1-4H3. The highest BCUT2D eigenvalue weighted by atomic mass is 79.9. The summed E-state index contributed by atoms with van der Waals surface area (Å²) in [7, 11) is 1.79. The molecular weight excluding hydrogens is 294 g/mol. The van der Waals surface area contributed by atoms with Crippen LogP contribution in [0.5, 0.6) is 0 Å². The maximum atomic E-state index is 12.2. The van der Waals surface area contributed by atoms with E-state index in [9.17, 15) is 4.79 Å². The van der Waals surface area contributed by atoms with Gasteiger partial charge in [-0.3, -0.25) is 4.79 Å². The first-order chi connectivity index (χ1) is 8.40. The molecule has 0 aromatic heterocycles. The summed E-state index contributed by atoms with van der Waals surface area (Å²) in [4.78, 5) is 13.9. The number of carbonyl (C=O) groups is 1. The van der Waals surface area contributed by atoms with E-state index in [1.165, 1.54) is 0 Å². The Kier molecular flexibility index (Phi) is 5.82. The van der Waals surface area contributed by atoms with E-state index in [1.54, 1.807) is 11.9 Å². The number of carbonyl (C=O) groups excluding carboxylic acids is 1. The first kappa shape index (κ1) is 15.2. The zero-order valence-corrected chi connectivity index (χ0v) is 13.0. The molecule has 1 aromatic rings. The third kappa shape index (κ3) is 4.78. The maximum Gasteiger partial charge on any atom is 0.253 e. The van der Waals surface area contributed by atoms with Gasteiger partial charge in [0.05, 0.1) is 12.7 Å². The first-order valence-corrected chi connectivity index (χ1v) is 6.83. The SMILES string of the molecule is Cc1cc(Br)cc(C(=O)N(C)CCOC(C)C)c1. The van der Waals surface area contributed by atoms with Crippen LogP contribution >= 0.6 is 15.9 Å². The van der Waals surface area contributed by atoms with Crippen molar-refractivity contribution < 1.29 is 9.53 Å². The van der Waals surface area contributed by atoms with Crippen molar-refractivity contribution >= 4 is 21.8 Å². The van der Waals surface area contributed by atoms with Crippen LogP contribution < -0.4 is 0 Å². The second-order valence-electron chi connectivity index (χ2n) is 4.66. The Hall–Kier alpha value is -0.870. The van der Waals surface area contributed by atoms with Crippen LogP contribution in [0.4, 0.5) is 0 Å². The minimum atomic E-state index is 0.0201. The average Bonchev–Trinajstić information content (AvgIpc) is 2.26. The molecule has 0 unspecified atom stereocenters. The lowest BCUT2D eigenvalue weighted by Gasteiger charge is -2.18. The highest BCUT2D eigenvalue weighted by Crippen LogP contribution is 2.16. The van der Waals surface area contributed by atoms with Gasteiger partial charge in [0.2, 0.25) is 0 Å². The van der Waals surface area contributed by atoms with Crippen LogP contribution in [-0.2, 0) is 4.74 Å². The van der Waals surface area contributed by atoms with Gasteiger partial charge in [-0.15, -0.1) is 0 Å². The van der Waals surface area contributed by atoms with Crippen LogP contribution in [-0.4, -0.2) is 37.1 Å². The van der Waals surface area contributed by atoms with Crippen LogP contribution in [0, 0.1) is 6.92 Å². The van der Waals surface area contributed by atoms with Gasteiger partial charge in [0.1, 0.15) is 0 Å². The van der Waals surface area contributed by atoms with Crippen LogP contribution in [0.3, 0.4) is 0 Å². The first-order valence-electron chi connectivity index (χ1n) is 6.04. The summed E-state index contributed by atoms with van der Waals surface area (Å²) in [5.74, 6) is 0.0201. The fourth-order valence-electron chi connectivity index (χ4n) is 1.61. The van der Waals surface area contributed by atoms with E-state index in [0.29, 0.717) is 18.7 Å². The van der Waals surface area contributed by atoms with Crippen LogP contribution in [0.25, 0.3) is 0 Å². The Labute approximate surface area is 117 Å². The largest absolute Gasteiger partial charge is 0.377 e. The van der Waals surface area contributed by atoms with Gasteiger partial charge in [0.25, 0.3) is 5.91 Å². The van der Waals surface area contributed by atoms with Gasteiger partial charge >= 0.3 is 0 Å². The van der Waals surface area contributed by atoms with Crippen molar-refractivity contribution in [3.05, 3.63) is 33.8 Å². The van der Waals surface area contributed by atoms with Crippen molar-refractivity contribution in [2.45, 2.75) is 26.9 Å². The fourth-order valence-corrected chi connectivity index (χ4v) is 2.21. The molecule has 0 heterocycles. The van der Waals surface area contributed by atoms with Gasteiger partial charge in [0.15, 0.2) is 0 Å². The summed E-state index contributed by atoms with van der Waals surface area (Å²) in [6.45, 7) is 7.11. The van der Waals surface area contributed by atoms with Crippen LogP contribution in [0.1, 0.15) is 29.8 Å². The van der Waals surface area contributed by atoms with E-state index in [2.05, 4.69) is 15.9 Å². The molecule has 0 fully saturated rings. The Balaban J connectivity index is 2.62. The number of halogens is 1. The molecule has 0 bridgehead atoms. The van der Waals surface area contributed by atoms with Crippen molar-refractivity contribution in [3.8, 4) is 0 Å². The number of amides is 1. The molecule has 4 heteroatoms. The third-order valence-electron chi connectivity index (χ3n) is 2.51. The number of nitrogens with zero attached hydrogens (tertiary/aromatic N) is 1. The van der Waals surface area contributed by atoms with Gasteiger partial charge in [-0.2, -0.15) is 0 Å². The predicted molar refractivity (Wildman–Crippen MR) is 76.9 cm³/mol. The van der Waals surface area contributed by atoms with E-state index in [0.717, 1.165) is 10.0 Å². The van der Waals surface area contributed by atoms with Gasteiger partial charge in [-0.1, -0.05) is 15.9 Å². The molecule has 0 aliphatic carbocycles. The zero-order chi connectivity index (χ0) is 13.7. The molecule has 3 nitrogen and oxygen atoms in total. The summed E-state index contributed by atoms with van der Waals surface area (Å²) in [5.41, 5.74) is 1.77. The molecule has 1 amide bonds. The van der Waals surface area contributed by atoms with Gasteiger partial charge in [-0.05, 0) is 44.5 Å². The molecule has 0 saturated heterocycles. The average molecular weight is 314 g/mol. The molecule has 0 aliphatic heterocycles. The molecule has 0 atom stereocenters. The lowest BCUT2D eigenvalue weighted by Crippen LogP contribution is -2.30. The van der Waals surface area contributed by atoms with Crippen molar-refractivity contribution in [1.29, 1.82) is 0 Å². The molecule has 0 spiro atoms. The minimum absolute atomic E-state index is 0.0201. The molecule has 0 N–H and O–H groups in total. The number of benzene rings is 1. The molecular formula is C14H20BrNO2. The lowest BCUT2D eigenvalue weighted by molar-refractivity contribution is 0.0532. The van der Waals surface area contributed by atoms with E-state index >= 15 is 0 Å². The van der Waals surface area contributed by atoms with Crippen molar-refractivity contribution in [3.63, 3.8) is 0 Å². The Morgan fingerprint density at radius 3 is 2.61 bits per heavy atom. The summed E-state index contributed by atoms with van der Waals surface area (Å²) in [5, 5.41) is 0. The van der Waals surface area contributed by atoms with Crippen LogP contribution in [0.15, 0.2) is 22.7 Å². The minimum Gasteiger partial charge on any atom is -0.377 e. The Morgan fingerprint density at radius 1 is 1.39 bits per heavy atom. The monoisotopic (exact) mass is 313 g/mol. The summed E-state index contributed by atoms with van der Waals surface area (Å²) >= 11 is 3.41.